The zero-order chi connectivity index (χ0) is 25.3. The summed E-state index contributed by atoms with van der Waals surface area (Å²) in [6, 6.07) is 27.1. The maximum absolute atomic E-state index is 14.3. The lowest BCUT2D eigenvalue weighted by Gasteiger charge is -2.05. The molecule has 0 aliphatic carbocycles. The molecule has 0 atom stereocenters. The highest BCUT2D eigenvalue weighted by Gasteiger charge is 2.24. The van der Waals surface area contributed by atoms with Gasteiger partial charge in [0.05, 0.1) is 17.2 Å². The number of benzene rings is 4. The zero-order valence-electron chi connectivity index (χ0n) is 20.2. The number of rotatable bonds is 2. The summed E-state index contributed by atoms with van der Waals surface area (Å²) in [6.07, 6.45) is 1.69. The van der Waals surface area contributed by atoms with Crippen molar-refractivity contribution < 1.29 is 17.8 Å². The van der Waals surface area contributed by atoms with Gasteiger partial charge in [0.25, 0.3) is 0 Å². The number of nitrogens with zero attached hydrogens (tertiary/aromatic N) is 2. The summed E-state index contributed by atoms with van der Waals surface area (Å²) in [5.41, 5.74) is 7.65. The Bertz CT molecular complexity index is 2090. The quantitative estimate of drug-likeness (QED) is 0.234. The zero-order valence-corrected chi connectivity index (χ0v) is 20.2. The maximum atomic E-state index is 14.3. The van der Waals surface area contributed by atoms with E-state index in [1.54, 1.807) is 6.20 Å². The summed E-state index contributed by atoms with van der Waals surface area (Å²) < 4.78 is 28.9. The van der Waals surface area contributed by atoms with Crippen molar-refractivity contribution in [2.24, 2.45) is 7.05 Å². The first-order chi connectivity index (χ1) is 18.0. The van der Waals surface area contributed by atoms with Crippen LogP contribution >= 0.6 is 0 Å². The number of nitriles is 1. The predicted octanol–water partition coefficient (Wildman–Crippen LogP) is 7.96. The van der Waals surface area contributed by atoms with Gasteiger partial charge in [-0.25, -0.2) is 8.96 Å². The van der Waals surface area contributed by atoms with Crippen LogP contribution in [-0.2, 0) is 7.05 Å². The van der Waals surface area contributed by atoms with Gasteiger partial charge in [0, 0.05) is 39.2 Å². The number of aromatic nitrogens is 1. The van der Waals surface area contributed by atoms with Gasteiger partial charge in [0.15, 0.2) is 6.20 Å². The molecule has 0 saturated carbocycles. The van der Waals surface area contributed by atoms with Gasteiger partial charge in [0.1, 0.15) is 35.2 Å². The lowest BCUT2D eigenvalue weighted by Crippen LogP contribution is -2.30. The van der Waals surface area contributed by atoms with Gasteiger partial charge >= 0.3 is 0 Å². The second-order valence-electron chi connectivity index (χ2n) is 9.36. The van der Waals surface area contributed by atoms with E-state index in [9.17, 15) is 9.65 Å². The van der Waals surface area contributed by atoms with Crippen molar-refractivity contribution in [3.8, 4) is 28.5 Å². The fourth-order valence-electron chi connectivity index (χ4n) is 5.37. The average molecular weight is 484 g/mol. The van der Waals surface area contributed by atoms with Crippen molar-refractivity contribution in [3.63, 3.8) is 0 Å². The highest BCUT2D eigenvalue weighted by Crippen LogP contribution is 2.43. The molecule has 3 aromatic heterocycles. The minimum Gasteiger partial charge on any atom is -0.456 e. The molecule has 0 unspecified atom stereocenters. The maximum Gasteiger partial charge on any atom is 0.219 e. The lowest BCUT2D eigenvalue weighted by atomic mass is 9.96. The molecule has 0 spiro atoms. The topological polar surface area (TPSA) is 54.0 Å². The Morgan fingerprint density at radius 3 is 2.49 bits per heavy atom. The summed E-state index contributed by atoms with van der Waals surface area (Å²) in [5.74, 6) is -0.321. The third-order valence-corrected chi connectivity index (χ3v) is 7.18. The van der Waals surface area contributed by atoms with Gasteiger partial charge in [-0.2, -0.15) is 5.26 Å². The number of para-hydroxylation sites is 1. The Labute approximate surface area is 211 Å². The Balaban J connectivity index is 1.55. The molecular formula is C32H20FN2O2+. The molecule has 3 heterocycles. The van der Waals surface area contributed by atoms with Gasteiger partial charge in [-0.1, -0.05) is 36.4 Å². The largest absolute Gasteiger partial charge is 0.456 e. The van der Waals surface area contributed by atoms with Crippen LogP contribution in [0.3, 0.4) is 0 Å². The number of aryl methyl sites for hydroxylation is 2. The molecule has 0 radical (unpaired) electrons. The molecule has 176 valence electrons. The minimum absolute atomic E-state index is 0.321. The molecule has 0 fully saturated rings. The van der Waals surface area contributed by atoms with Crippen molar-refractivity contribution in [3.05, 3.63) is 102 Å². The van der Waals surface area contributed by atoms with Crippen LogP contribution in [0.2, 0.25) is 0 Å². The first-order valence-corrected chi connectivity index (χ1v) is 12.0. The van der Waals surface area contributed by atoms with E-state index in [0.29, 0.717) is 22.4 Å². The molecule has 0 aliphatic rings. The molecule has 0 N–H and O–H groups in total. The van der Waals surface area contributed by atoms with E-state index in [-0.39, 0.29) is 5.82 Å². The van der Waals surface area contributed by atoms with Crippen LogP contribution in [-0.4, -0.2) is 0 Å². The Hall–Kier alpha value is -4.95. The third kappa shape index (κ3) is 3.09. The number of hydrogen-bond acceptors (Lipinski definition) is 3. The van der Waals surface area contributed by atoms with Crippen molar-refractivity contribution in [2.75, 3.05) is 0 Å². The van der Waals surface area contributed by atoms with Crippen LogP contribution in [0.4, 0.5) is 4.39 Å². The van der Waals surface area contributed by atoms with Gasteiger partial charge in [-0.15, -0.1) is 0 Å². The molecule has 0 aliphatic heterocycles. The second-order valence-corrected chi connectivity index (χ2v) is 9.36. The van der Waals surface area contributed by atoms with Gasteiger partial charge in [0.2, 0.25) is 5.69 Å². The van der Waals surface area contributed by atoms with E-state index in [2.05, 4.69) is 24.3 Å². The van der Waals surface area contributed by atoms with Gasteiger partial charge in [-0.05, 0) is 48.4 Å². The molecule has 4 aromatic carbocycles. The summed E-state index contributed by atoms with van der Waals surface area (Å²) in [5, 5.41) is 13.6. The normalized spacial score (nSPS) is 11.6. The van der Waals surface area contributed by atoms with E-state index in [4.69, 9.17) is 8.83 Å². The van der Waals surface area contributed by atoms with Crippen molar-refractivity contribution >= 4 is 43.9 Å². The average Bonchev–Trinajstić information content (AvgIpc) is 3.48. The van der Waals surface area contributed by atoms with Crippen LogP contribution in [0.5, 0.6) is 0 Å². The highest BCUT2D eigenvalue weighted by molar-refractivity contribution is 6.16. The van der Waals surface area contributed by atoms with E-state index in [1.165, 1.54) is 12.1 Å². The summed E-state index contributed by atoms with van der Waals surface area (Å²) in [6.45, 7) is 1.98. The van der Waals surface area contributed by atoms with E-state index >= 15 is 0 Å². The van der Waals surface area contributed by atoms with Gasteiger partial charge < -0.3 is 8.83 Å². The number of fused-ring (bicyclic) bond motifs is 6. The molecule has 0 bridgehead atoms. The van der Waals surface area contributed by atoms with Gasteiger partial charge in [-0.3, -0.25) is 0 Å². The summed E-state index contributed by atoms with van der Waals surface area (Å²) >= 11 is 0. The molecule has 5 heteroatoms. The number of halogens is 1. The van der Waals surface area contributed by atoms with Crippen LogP contribution in [0.1, 0.15) is 11.1 Å². The van der Waals surface area contributed by atoms with Crippen LogP contribution < -0.4 is 4.57 Å². The molecule has 0 saturated heterocycles. The number of pyridine rings is 1. The minimum atomic E-state index is -0.321. The third-order valence-electron chi connectivity index (χ3n) is 7.18. The standard InChI is InChI=1S/C32H20FN2O2/c1-18-7-10-25-30-20(17-34)9-11-22(19-8-12-24-23-5-3-4-6-27(23)36-28(24)15-19)31(30)37-32(25)29(18)26-16-21(33)13-14-35(26)2/h3-16H,1-2H3/q+1. The van der Waals surface area contributed by atoms with E-state index < -0.39 is 0 Å². The van der Waals surface area contributed by atoms with Crippen LogP contribution in [0.15, 0.2) is 93.9 Å². The predicted molar refractivity (Wildman–Crippen MR) is 142 cm³/mol. The second kappa shape index (κ2) is 7.78. The van der Waals surface area contributed by atoms with E-state index in [0.717, 1.165) is 55.0 Å². The molecular weight excluding hydrogens is 463 g/mol. The molecule has 7 aromatic rings. The summed E-state index contributed by atoms with van der Waals surface area (Å²) in [7, 11) is 1.88. The van der Waals surface area contributed by atoms with Crippen LogP contribution in [0.25, 0.3) is 66.3 Å². The lowest BCUT2D eigenvalue weighted by molar-refractivity contribution is -0.660. The molecule has 7 rings (SSSR count). The molecule has 4 nitrogen and oxygen atoms in total. The highest BCUT2D eigenvalue weighted by atomic mass is 19.1. The fraction of sp³-hybridized carbons (Fsp3) is 0.0625. The van der Waals surface area contributed by atoms with E-state index in [1.807, 2.05) is 67.1 Å². The van der Waals surface area contributed by atoms with Crippen molar-refractivity contribution in [1.82, 2.24) is 0 Å². The molecule has 0 amide bonds. The number of hydrogen-bond donors (Lipinski definition) is 0. The Kier molecular flexibility index (Phi) is 4.49. The molecule has 37 heavy (non-hydrogen) atoms. The van der Waals surface area contributed by atoms with Crippen molar-refractivity contribution in [1.29, 1.82) is 5.26 Å². The SMILES string of the molecule is Cc1ccc2c(oc3c(-c4ccc5c(c4)oc4ccccc45)ccc(C#N)c32)c1-c1cc(F)cc[n+]1C. The fourth-order valence-corrected chi connectivity index (χ4v) is 5.37. The monoisotopic (exact) mass is 483 g/mol. The first kappa shape index (κ1) is 21.3. The van der Waals surface area contributed by atoms with Crippen LogP contribution in [0, 0.1) is 24.1 Å². The smallest absolute Gasteiger partial charge is 0.219 e. The first-order valence-electron chi connectivity index (χ1n) is 12.0. The Morgan fingerprint density at radius 2 is 1.62 bits per heavy atom. The number of furan rings is 2. The van der Waals surface area contributed by atoms with Crippen molar-refractivity contribution in [2.45, 2.75) is 6.92 Å². The summed E-state index contributed by atoms with van der Waals surface area (Å²) in [4.78, 5) is 0. The Morgan fingerprint density at radius 1 is 0.811 bits per heavy atom.